The molecule has 144 valence electrons. The average Bonchev–Trinajstić information content (AvgIpc) is 2.80. The highest BCUT2D eigenvalue weighted by molar-refractivity contribution is 5.98. The van der Waals surface area contributed by atoms with Crippen molar-refractivity contribution in [2.24, 2.45) is 0 Å². The number of rotatable bonds is 4. The van der Waals surface area contributed by atoms with Crippen LogP contribution >= 0.6 is 0 Å². The molecule has 0 spiro atoms. The Labute approximate surface area is 176 Å². The molecule has 0 aliphatic rings. The molecule has 1 amide bonds. The molecule has 1 heterocycles. The highest BCUT2D eigenvalue weighted by Gasteiger charge is 2.22. The van der Waals surface area contributed by atoms with Crippen molar-refractivity contribution in [1.82, 2.24) is 4.98 Å². The average molecular weight is 388 g/mol. The second kappa shape index (κ2) is 9.36. The molecule has 0 atom stereocenters. The van der Waals surface area contributed by atoms with Crippen LogP contribution in [-0.4, -0.2) is 10.9 Å². The molecule has 0 fully saturated rings. The van der Waals surface area contributed by atoms with Crippen LogP contribution in [0.3, 0.4) is 0 Å². The summed E-state index contributed by atoms with van der Waals surface area (Å²) in [4.78, 5) is 17.5. The molecule has 0 bridgehead atoms. The highest BCUT2D eigenvalue weighted by atomic mass is 16.1. The summed E-state index contributed by atoms with van der Waals surface area (Å²) in [6.07, 6.45) is 1.72. The molecule has 4 aromatic rings. The van der Waals surface area contributed by atoms with Gasteiger partial charge in [-0.05, 0) is 47.4 Å². The summed E-state index contributed by atoms with van der Waals surface area (Å²) in [6.45, 7) is 0. The quantitative estimate of drug-likeness (QED) is 0.485. The van der Waals surface area contributed by atoms with Gasteiger partial charge in [0, 0.05) is 17.4 Å². The minimum atomic E-state index is -0.393. The minimum Gasteiger partial charge on any atom is -0.325 e. The standard InChI is InChI=1S/C27H20N2O/c30-27(26(22-11-3-1-4-12-22)23-13-5-2-6-14-23)29-25-16-9-10-21(20-25)17-18-24-15-7-8-19-28-24/h1-16,19-20,26H,(H,29,30). The van der Waals surface area contributed by atoms with Crippen molar-refractivity contribution in [3.05, 3.63) is 132 Å². The molecule has 1 N–H and O–H groups in total. The summed E-state index contributed by atoms with van der Waals surface area (Å²) in [5.41, 5.74) is 4.14. The fourth-order valence-electron chi connectivity index (χ4n) is 3.25. The number of benzene rings is 3. The largest absolute Gasteiger partial charge is 0.325 e. The number of carbonyl (C=O) groups excluding carboxylic acids is 1. The van der Waals surface area contributed by atoms with E-state index in [9.17, 15) is 4.79 Å². The maximum absolute atomic E-state index is 13.2. The molecule has 0 unspecified atom stereocenters. The van der Waals surface area contributed by atoms with Gasteiger partial charge in [0.25, 0.3) is 0 Å². The van der Waals surface area contributed by atoms with E-state index in [1.54, 1.807) is 6.20 Å². The molecule has 3 nitrogen and oxygen atoms in total. The molecule has 0 saturated carbocycles. The van der Waals surface area contributed by atoms with Gasteiger partial charge in [-0.2, -0.15) is 0 Å². The lowest BCUT2D eigenvalue weighted by atomic mass is 9.90. The Bertz CT molecular complexity index is 1140. The first-order valence-electron chi connectivity index (χ1n) is 9.73. The zero-order valence-corrected chi connectivity index (χ0v) is 16.3. The number of nitrogens with one attached hydrogen (secondary N) is 1. The molecule has 30 heavy (non-hydrogen) atoms. The minimum absolute atomic E-state index is 0.0813. The normalized spacial score (nSPS) is 10.2. The van der Waals surface area contributed by atoms with Gasteiger partial charge < -0.3 is 5.32 Å². The maximum atomic E-state index is 13.2. The van der Waals surface area contributed by atoms with E-state index in [-0.39, 0.29) is 5.91 Å². The lowest BCUT2D eigenvalue weighted by Crippen LogP contribution is -2.22. The Balaban J connectivity index is 1.58. The third kappa shape index (κ3) is 4.81. The van der Waals surface area contributed by atoms with Crippen molar-refractivity contribution < 1.29 is 4.79 Å². The zero-order valence-electron chi connectivity index (χ0n) is 16.3. The van der Waals surface area contributed by atoms with E-state index in [0.717, 1.165) is 16.7 Å². The van der Waals surface area contributed by atoms with E-state index in [1.165, 1.54) is 0 Å². The van der Waals surface area contributed by atoms with Crippen LogP contribution in [0.1, 0.15) is 28.3 Å². The van der Waals surface area contributed by atoms with Gasteiger partial charge >= 0.3 is 0 Å². The van der Waals surface area contributed by atoms with Crippen LogP contribution in [0.5, 0.6) is 0 Å². The second-order valence-electron chi connectivity index (χ2n) is 6.79. The number of amides is 1. The van der Waals surface area contributed by atoms with Crippen molar-refractivity contribution in [3.63, 3.8) is 0 Å². The van der Waals surface area contributed by atoms with Crippen LogP contribution in [0.25, 0.3) is 0 Å². The van der Waals surface area contributed by atoms with E-state index in [1.807, 2.05) is 103 Å². The summed E-state index contributed by atoms with van der Waals surface area (Å²) in [6, 6.07) is 32.8. The number of nitrogens with zero attached hydrogens (tertiary/aromatic N) is 1. The number of hydrogen-bond donors (Lipinski definition) is 1. The highest BCUT2D eigenvalue weighted by Crippen LogP contribution is 2.26. The number of aromatic nitrogens is 1. The van der Waals surface area contributed by atoms with Gasteiger partial charge in [0.15, 0.2) is 0 Å². The van der Waals surface area contributed by atoms with Gasteiger partial charge in [-0.1, -0.05) is 78.7 Å². The summed E-state index contributed by atoms with van der Waals surface area (Å²) in [5.74, 6) is 5.67. The third-order valence-corrected chi connectivity index (χ3v) is 4.66. The predicted octanol–water partition coefficient (Wildman–Crippen LogP) is 5.25. The number of carbonyl (C=O) groups is 1. The van der Waals surface area contributed by atoms with Gasteiger partial charge in [-0.3, -0.25) is 4.79 Å². The molecule has 3 aromatic carbocycles. The van der Waals surface area contributed by atoms with Gasteiger partial charge in [0.1, 0.15) is 5.69 Å². The Morgan fingerprint density at radius 2 is 1.40 bits per heavy atom. The van der Waals surface area contributed by atoms with Gasteiger partial charge in [0.05, 0.1) is 5.92 Å². The Morgan fingerprint density at radius 3 is 2.03 bits per heavy atom. The van der Waals surface area contributed by atoms with Crippen molar-refractivity contribution in [2.75, 3.05) is 5.32 Å². The monoisotopic (exact) mass is 388 g/mol. The van der Waals surface area contributed by atoms with Crippen molar-refractivity contribution in [1.29, 1.82) is 0 Å². The SMILES string of the molecule is O=C(Nc1cccc(C#Cc2ccccn2)c1)C(c1ccccc1)c1ccccc1. The van der Waals surface area contributed by atoms with Gasteiger partial charge in [-0.15, -0.1) is 0 Å². The molecular formula is C27H20N2O. The predicted molar refractivity (Wildman–Crippen MR) is 120 cm³/mol. The van der Waals surface area contributed by atoms with Crippen LogP contribution in [0.2, 0.25) is 0 Å². The summed E-state index contributed by atoms with van der Waals surface area (Å²) in [7, 11) is 0. The molecule has 0 aliphatic heterocycles. The van der Waals surface area contributed by atoms with Crippen LogP contribution in [0.4, 0.5) is 5.69 Å². The van der Waals surface area contributed by atoms with Crippen molar-refractivity contribution in [2.45, 2.75) is 5.92 Å². The molecule has 1 aromatic heterocycles. The van der Waals surface area contributed by atoms with Crippen molar-refractivity contribution >= 4 is 11.6 Å². The summed E-state index contributed by atoms with van der Waals surface area (Å²) >= 11 is 0. The lowest BCUT2D eigenvalue weighted by Gasteiger charge is -2.18. The van der Waals surface area contributed by atoms with E-state index < -0.39 is 5.92 Å². The number of pyridine rings is 1. The zero-order chi connectivity index (χ0) is 20.6. The number of hydrogen-bond acceptors (Lipinski definition) is 2. The van der Waals surface area contributed by atoms with Crippen LogP contribution in [0, 0.1) is 11.8 Å². The van der Waals surface area contributed by atoms with Crippen LogP contribution < -0.4 is 5.32 Å². The van der Waals surface area contributed by atoms with Gasteiger partial charge in [0.2, 0.25) is 5.91 Å². The van der Waals surface area contributed by atoms with E-state index in [2.05, 4.69) is 22.1 Å². The smallest absolute Gasteiger partial charge is 0.236 e. The molecule has 4 rings (SSSR count). The van der Waals surface area contributed by atoms with Crippen LogP contribution in [0.15, 0.2) is 109 Å². The molecule has 0 saturated heterocycles. The Morgan fingerprint density at radius 1 is 0.733 bits per heavy atom. The first-order valence-corrected chi connectivity index (χ1v) is 9.73. The molecule has 3 heteroatoms. The molecule has 0 radical (unpaired) electrons. The number of anilines is 1. The van der Waals surface area contributed by atoms with E-state index >= 15 is 0 Å². The fourth-order valence-corrected chi connectivity index (χ4v) is 3.25. The van der Waals surface area contributed by atoms with E-state index in [4.69, 9.17) is 0 Å². The maximum Gasteiger partial charge on any atom is 0.236 e. The summed E-state index contributed by atoms with van der Waals surface area (Å²) < 4.78 is 0. The Hall–Kier alpha value is -4.16. The topological polar surface area (TPSA) is 42.0 Å². The first kappa shape index (κ1) is 19.2. The van der Waals surface area contributed by atoms with Gasteiger partial charge in [-0.25, -0.2) is 4.98 Å². The summed E-state index contributed by atoms with van der Waals surface area (Å²) in [5, 5.41) is 3.06. The second-order valence-corrected chi connectivity index (χ2v) is 6.79. The first-order chi connectivity index (χ1) is 14.8. The molecular weight excluding hydrogens is 368 g/mol. The fraction of sp³-hybridized carbons (Fsp3) is 0.0370. The Kier molecular flexibility index (Phi) is 5.98. The van der Waals surface area contributed by atoms with Crippen LogP contribution in [-0.2, 0) is 4.79 Å². The van der Waals surface area contributed by atoms with E-state index in [0.29, 0.717) is 11.4 Å². The van der Waals surface area contributed by atoms with Crippen molar-refractivity contribution in [3.8, 4) is 11.8 Å². The molecule has 0 aliphatic carbocycles. The third-order valence-electron chi connectivity index (χ3n) is 4.66. The lowest BCUT2D eigenvalue weighted by molar-refractivity contribution is -0.116.